The van der Waals surface area contributed by atoms with Crippen LogP contribution in [-0.2, 0) is 9.73 Å². The van der Waals surface area contributed by atoms with E-state index in [1.54, 1.807) is 12.1 Å². The molecule has 0 saturated carbocycles. The van der Waals surface area contributed by atoms with E-state index >= 15 is 0 Å². The molecule has 16 heavy (non-hydrogen) atoms. The lowest BCUT2D eigenvalue weighted by Crippen LogP contribution is -2.04. The Kier molecular flexibility index (Phi) is 4.06. The summed E-state index contributed by atoms with van der Waals surface area (Å²) in [5, 5.41) is 8.71. The fraction of sp³-hybridized carbons (Fsp3) is 0.364. The zero-order valence-electron chi connectivity index (χ0n) is 9.34. The van der Waals surface area contributed by atoms with Crippen molar-refractivity contribution in [2.45, 2.75) is 13.8 Å². The molecule has 0 saturated heterocycles. The quantitative estimate of drug-likeness (QED) is 0.880. The third kappa shape index (κ3) is 3.06. The highest BCUT2D eigenvalue weighted by Gasteiger charge is 2.04. The van der Waals surface area contributed by atoms with Gasteiger partial charge in [0.1, 0.15) is 0 Å². The van der Waals surface area contributed by atoms with Gasteiger partial charge in [-0.05, 0) is 24.3 Å². The van der Waals surface area contributed by atoms with Crippen LogP contribution in [-0.4, -0.2) is 26.8 Å². The van der Waals surface area contributed by atoms with Crippen molar-refractivity contribution in [1.82, 2.24) is 0 Å². The number of benzene rings is 1. The van der Waals surface area contributed by atoms with Crippen LogP contribution in [0.3, 0.4) is 0 Å². The van der Waals surface area contributed by atoms with Crippen LogP contribution in [0.4, 0.5) is 5.69 Å². The van der Waals surface area contributed by atoms with Crippen LogP contribution in [0.25, 0.3) is 0 Å². The molecule has 0 aliphatic heterocycles. The summed E-state index contributed by atoms with van der Waals surface area (Å²) in [4.78, 5) is 10.6. The fourth-order valence-corrected chi connectivity index (χ4v) is 2.36. The van der Waals surface area contributed by atoms with Gasteiger partial charge in [-0.15, -0.1) is 0 Å². The van der Waals surface area contributed by atoms with Gasteiger partial charge < -0.3 is 5.11 Å². The van der Waals surface area contributed by atoms with Crippen LogP contribution >= 0.6 is 0 Å². The highest BCUT2D eigenvalue weighted by atomic mass is 32.2. The first-order valence-electron chi connectivity index (χ1n) is 5.06. The van der Waals surface area contributed by atoms with Gasteiger partial charge in [0.15, 0.2) is 0 Å². The zero-order chi connectivity index (χ0) is 12.2. The van der Waals surface area contributed by atoms with Crippen molar-refractivity contribution in [3.63, 3.8) is 0 Å². The van der Waals surface area contributed by atoms with Crippen molar-refractivity contribution >= 4 is 21.4 Å². The number of hydrogen-bond donors (Lipinski definition) is 1. The minimum atomic E-state index is -2.17. The van der Waals surface area contributed by atoms with E-state index in [-0.39, 0.29) is 5.56 Å². The maximum Gasteiger partial charge on any atom is 0.335 e. The first kappa shape index (κ1) is 12.7. The second kappa shape index (κ2) is 5.12. The monoisotopic (exact) mass is 241 g/mol. The second-order valence-electron chi connectivity index (χ2n) is 3.29. The molecule has 1 N–H and O–H groups in total. The topological polar surface area (TPSA) is 66.7 Å². The molecule has 0 heterocycles. The van der Waals surface area contributed by atoms with Gasteiger partial charge in [0.05, 0.1) is 21.0 Å². The van der Waals surface area contributed by atoms with Gasteiger partial charge >= 0.3 is 5.97 Å². The summed E-state index contributed by atoms with van der Waals surface area (Å²) in [6.07, 6.45) is 0. The minimum absolute atomic E-state index is 0.207. The largest absolute Gasteiger partial charge is 0.478 e. The van der Waals surface area contributed by atoms with Crippen LogP contribution in [0.2, 0.25) is 0 Å². The molecule has 1 aromatic rings. The van der Waals surface area contributed by atoms with Crippen molar-refractivity contribution in [3.05, 3.63) is 29.8 Å². The van der Waals surface area contributed by atoms with Crippen molar-refractivity contribution in [2.75, 3.05) is 11.5 Å². The molecule has 0 bridgehead atoms. The summed E-state index contributed by atoms with van der Waals surface area (Å²) in [7, 11) is -2.17. The van der Waals surface area contributed by atoms with Gasteiger partial charge in [-0.3, -0.25) is 0 Å². The number of aromatic carboxylic acids is 1. The molecule has 1 rings (SSSR count). The zero-order valence-corrected chi connectivity index (χ0v) is 10.2. The molecule has 0 spiro atoms. The standard InChI is InChI=1S/C11H15NO3S/c1-3-16(15,4-2)12-10-7-5-9(6-8-10)11(13)14/h5-8H,3-4H2,1-2H3,(H,13,14). The molecular weight excluding hydrogens is 226 g/mol. The second-order valence-corrected chi connectivity index (χ2v) is 6.18. The number of carboxylic acids is 1. The Morgan fingerprint density at radius 2 is 1.75 bits per heavy atom. The van der Waals surface area contributed by atoms with E-state index in [2.05, 4.69) is 4.36 Å². The fourth-order valence-electron chi connectivity index (χ4n) is 1.19. The summed E-state index contributed by atoms with van der Waals surface area (Å²) >= 11 is 0. The summed E-state index contributed by atoms with van der Waals surface area (Å²) < 4.78 is 16.2. The highest BCUT2D eigenvalue weighted by Crippen LogP contribution is 2.16. The molecule has 0 unspecified atom stereocenters. The number of carboxylic acid groups (broad SMARTS) is 1. The molecule has 88 valence electrons. The molecule has 1 aromatic carbocycles. The molecule has 0 atom stereocenters. The summed E-state index contributed by atoms with van der Waals surface area (Å²) in [6.45, 7) is 3.67. The Bertz CT molecular complexity index is 474. The van der Waals surface area contributed by atoms with E-state index in [0.29, 0.717) is 17.2 Å². The maximum atomic E-state index is 12.0. The molecule has 0 aliphatic rings. The van der Waals surface area contributed by atoms with Crippen LogP contribution in [0.5, 0.6) is 0 Å². The smallest absolute Gasteiger partial charge is 0.335 e. The van der Waals surface area contributed by atoms with Gasteiger partial charge in [-0.1, -0.05) is 13.8 Å². The third-order valence-corrected chi connectivity index (χ3v) is 4.64. The molecule has 0 aliphatic carbocycles. The lowest BCUT2D eigenvalue weighted by Gasteiger charge is -2.03. The van der Waals surface area contributed by atoms with E-state index in [9.17, 15) is 9.00 Å². The first-order chi connectivity index (χ1) is 7.50. The van der Waals surface area contributed by atoms with E-state index in [1.807, 2.05) is 13.8 Å². The van der Waals surface area contributed by atoms with Crippen molar-refractivity contribution < 1.29 is 14.1 Å². The van der Waals surface area contributed by atoms with Crippen molar-refractivity contribution in [1.29, 1.82) is 0 Å². The number of nitrogens with zero attached hydrogens (tertiary/aromatic N) is 1. The van der Waals surface area contributed by atoms with Gasteiger partial charge in [0, 0.05) is 11.5 Å². The molecule has 0 radical (unpaired) electrons. The van der Waals surface area contributed by atoms with Crippen LogP contribution in [0.15, 0.2) is 28.6 Å². The number of hydrogen-bond acceptors (Lipinski definition) is 3. The van der Waals surface area contributed by atoms with Gasteiger partial charge in [-0.2, -0.15) is 4.36 Å². The summed E-state index contributed by atoms with van der Waals surface area (Å²) in [5.41, 5.74) is 0.775. The minimum Gasteiger partial charge on any atom is -0.478 e. The normalized spacial score (nSPS) is 11.1. The van der Waals surface area contributed by atoms with Crippen LogP contribution < -0.4 is 0 Å². The van der Waals surface area contributed by atoms with E-state index < -0.39 is 15.7 Å². The van der Waals surface area contributed by atoms with Crippen molar-refractivity contribution in [2.24, 2.45) is 4.36 Å². The number of carbonyl (C=O) groups is 1. The van der Waals surface area contributed by atoms with Crippen LogP contribution in [0.1, 0.15) is 24.2 Å². The van der Waals surface area contributed by atoms with E-state index in [1.165, 1.54) is 12.1 Å². The lowest BCUT2D eigenvalue weighted by molar-refractivity contribution is 0.0697. The molecule has 5 heteroatoms. The Balaban J connectivity index is 3.08. The summed E-state index contributed by atoms with van der Waals surface area (Å²) in [6, 6.07) is 6.08. The Morgan fingerprint density at radius 1 is 1.25 bits per heavy atom. The Labute approximate surface area is 95.5 Å². The summed E-state index contributed by atoms with van der Waals surface area (Å²) in [5.74, 6) is 0.0345. The van der Waals surface area contributed by atoms with Gasteiger partial charge in [0.25, 0.3) is 0 Å². The molecule has 0 amide bonds. The Morgan fingerprint density at radius 3 is 2.12 bits per heavy atom. The van der Waals surface area contributed by atoms with Crippen molar-refractivity contribution in [3.8, 4) is 0 Å². The SMILES string of the molecule is CCS(=O)(CC)=Nc1ccc(C(=O)O)cc1. The van der Waals surface area contributed by atoms with Gasteiger partial charge in [-0.25, -0.2) is 9.00 Å². The Hall–Kier alpha value is -1.36. The third-order valence-electron chi connectivity index (χ3n) is 2.29. The maximum absolute atomic E-state index is 12.0. The molecule has 4 nitrogen and oxygen atoms in total. The van der Waals surface area contributed by atoms with Crippen LogP contribution in [0, 0.1) is 0 Å². The van der Waals surface area contributed by atoms with Gasteiger partial charge in [0.2, 0.25) is 0 Å². The predicted molar refractivity (Wildman–Crippen MR) is 64.7 cm³/mol. The lowest BCUT2D eigenvalue weighted by atomic mass is 10.2. The predicted octanol–water partition coefficient (Wildman–Crippen LogP) is 2.52. The molecule has 0 aromatic heterocycles. The van der Waals surface area contributed by atoms with E-state index in [0.717, 1.165) is 0 Å². The average molecular weight is 241 g/mol. The van der Waals surface area contributed by atoms with E-state index in [4.69, 9.17) is 5.11 Å². The molecule has 0 fully saturated rings. The number of rotatable bonds is 4. The molecular formula is C11H15NO3S. The highest BCUT2D eigenvalue weighted by molar-refractivity contribution is 7.93. The first-order valence-corrected chi connectivity index (χ1v) is 6.92. The average Bonchev–Trinajstić information content (AvgIpc) is 2.29.